The fraction of sp³-hybridized carbons (Fsp3) is 0.692. The van der Waals surface area contributed by atoms with Gasteiger partial charge in [-0.2, -0.15) is 9.97 Å². The zero-order valence-electron chi connectivity index (χ0n) is 11.3. The van der Waals surface area contributed by atoms with E-state index in [4.69, 9.17) is 5.73 Å². The maximum atomic E-state index is 5.67. The van der Waals surface area contributed by atoms with E-state index in [9.17, 15) is 0 Å². The number of nitrogen functional groups attached to an aromatic ring is 1. The summed E-state index contributed by atoms with van der Waals surface area (Å²) >= 11 is 0. The molecule has 1 aromatic heterocycles. The highest BCUT2D eigenvalue weighted by atomic mass is 15.1. The molecule has 0 saturated heterocycles. The third kappa shape index (κ3) is 3.24. The molecule has 1 heterocycles. The SMILES string of the molecule is CNc1cc(NCC2(C)CCCCC2)nc(N)n1. The molecule has 0 aliphatic heterocycles. The van der Waals surface area contributed by atoms with Crippen LogP contribution in [0, 0.1) is 5.41 Å². The molecule has 0 aromatic carbocycles. The van der Waals surface area contributed by atoms with Crippen LogP contribution in [0.15, 0.2) is 6.07 Å². The van der Waals surface area contributed by atoms with E-state index in [0.717, 1.165) is 18.2 Å². The predicted molar refractivity (Wildman–Crippen MR) is 75.7 cm³/mol. The summed E-state index contributed by atoms with van der Waals surface area (Å²) in [5.41, 5.74) is 6.06. The summed E-state index contributed by atoms with van der Waals surface area (Å²) in [7, 11) is 1.83. The first kappa shape index (κ1) is 12.9. The van der Waals surface area contributed by atoms with Crippen molar-refractivity contribution in [3.63, 3.8) is 0 Å². The largest absolute Gasteiger partial charge is 0.373 e. The molecule has 1 aromatic rings. The molecule has 0 unspecified atom stereocenters. The van der Waals surface area contributed by atoms with Gasteiger partial charge in [-0.25, -0.2) is 0 Å². The van der Waals surface area contributed by atoms with Crippen LogP contribution in [-0.2, 0) is 0 Å². The molecule has 0 amide bonds. The molecule has 1 aliphatic rings. The summed E-state index contributed by atoms with van der Waals surface area (Å²) in [4.78, 5) is 8.29. The number of anilines is 3. The molecular formula is C13H23N5. The van der Waals surface area contributed by atoms with E-state index >= 15 is 0 Å². The fourth-order valence-electron chi connectivity index (χ4n) is 2.57. The van der Waals surface area contributed by atoms with Gasteiger partial charge >= 0.3 is 0 Å². The van der Waals surface area contributed by atoms with Gasteiger partial charge in [0.05, 0.1) is 0 Å². The Morgan fingerprint density at radius 3 is 2.56 bits per heavy atom. The average Bonchev–Trinajstić information content (AvgIpc) is 2.37. The van der Waals surface area contributed by atoms with Gasteiger partial charge < -0.3 is 16.4 Å². The lowest BCUT2D eigenvalue weighted by Gasteiger charge is -2.33. The van der Waals surface area contributed by atoms with E-state index < -0.39 is 0 Å². The minimum absolute atomic E-state index is 0.304. The van der Waals surface area contributed by atoms with Crippen LogP contribution in [0.5, 0.6) is 0 Å². The minimum atomic E-state index is 0.304. The van der Waals surface area contributed by atoms with Gasteiger partial charge in [0, 0.05) is 19.7 Å². The van der Waals surface area contributed by atoms with Crippen LogP contribution in [0.4, 0.5) is 17.6 Å². The van der Waals surface area contributed by atoms with E-state index in [2.05, 4.69) is 27.5 Å². The van der Waals surface area contributed by atoms with E-state index in [0.29, 0.717) is 11.4 Å². The Bertz CT molecular complexity index is 398. The van der Waals surface area contributed by atoms with Gasteiger partial charge in [0.2, 0.25) is 5.95 Å². The molecule has 1 fully saturated rings. The molecule has 100 valence electrons. The number of nitrogens with one attached hydrogen (secondary N) is 2. The number of hydrogen-bond donors (Lipinski definition) is 3. The topological polar surface area (TPSA) is 75.9 Å². The molecule has 0 atom stereocenters. The quantitative estimate of drug-likeness (QED) is 0.764. The van der Waals surface area contributed by atoms with E-state index in [1.165, 1.54) is 32.1 Å². The maximum absolute atomic E-state index is 5.67. The lowest BCUT2D eigenvalue weighted by Crippen LogP contribution is -2.29. The number of hydrogen-bond acceptors (Lipinski definition) is 5. The van der Waals surface area contributed by atoms with Crippen LogP contribution >= 0.6 is 0 Å². The van der Waals surface area contributed by atoms with Crippen molar-refractivity contribution < 1.29 is 0 Å². The van der Waals surface area contributed by atoms with Gasteiger partial charge in [0.15, 0.2) is 0 Å². The summed E-state index contributed by atoms with van der Waals surface area (Å²) in [6.45, 7) is 3.30. The smallest absolute Gasteiger partial charge is 0.223 e. The minimum Gasteiger partial charge on any atom is -0.373 e. The summed E-state index contributed by atoms with van der Waals surface area (Å²) in [5.74, 6) is 1.86. The molecule has 5 heteroatoms. The second kappa shape index (κ2) is 5.42. The van der Waals surface area contributed by atoms with Crippen molar-refractivity contribution in [1.82, 2.24) is 9.97 Å². The lowest BCUT2D eigenvalue weighted by molar-refractivity contribution is 0.233. The van der Waals surface area contributed by atoms with Crippen molar-refractivity contribution >= 4 is 17.6 Å². The van der Waals surface area contributed by atoms with Gasteiger partial charge in [0.25, 0.3) is 0 Å². The average molecular weight is 249 g/mol. The van der Waals surface area contributed by atoms with Crippen LogP contribution < -0.4 is 16.4 Å². The predicted octanol–water partition coefficient (Wildman–Crippen LogP) is 2.48. The van der Waals surface area contributed by atoms with Gasteiger partial charge in [0.1, 0.15) is 11.6 Å². The monoisotopic (exact) mass is 249 g/mol. The summed E-state index contributed by atoms with van der Waals surface area (Å²) in [6, 6.07) is 1.89. The Labute approximate surface area is 109 Å². The van der Waals surface area contributed by atoms with E-state index in [1.54, 1.807) is 0 Å². The van der Waals surface area contributed by atoms with Crippen molar-refractivity contribution in [2.24, 2.45) is 5.41 Å². The second-order valence-electron chi connectivity index (χ2n) is 5.47. The third-order valence-electron chi connectivity index (χ3n) is 3.76. The van der Waals surface area contributed by atoms with Gasteiger partial charge in [-0.3, -0.25) is 0 Å². The normalized spacial score (nSPS) is 18.3. The van der Waals surface area contributed by atoms with E-state index in [-0.39, 0.29) is 0 Å². The number of nitrogens with zero attached hydrogens (tertiary/aromatic N) is 2. The zero-order chi connectivity index (χ0) is 13.0. The summed E-state index contributed by atoms with van der Waals surface area (Å²) in [5, 5.41) is 6.38. The van der Waals surface area contributed by atoms with Gasteiger partial charge in [-0.15, -0.1) is 0 Å². The van der Waals surface area contributed by atoms with Crippen molar-refractivity contribution in [3.05, 3.63) is 6.07 Å². The highest BCUT2D eigenvalue weighted by molar-refractivity contribution is 5.50. The molecule has 1 saturated carbocycles. The van der Waals surface area contributed by atoms with Crippen LogP contribution in [-0.4, -0.2) is 23.6 Å². The fourth-order valence-corrected chi connectivity index (χ4v) is 2.57. The molecule has 18 heavy (non-hydrogen) atoms. The number of nitrogens with two attached hydrogens (primary N) is 1. The van der Waals surface area contributed by atoms with Crippen LogP contribution in [0.25, 0.3) is 0 Å². The Morgan fingerprint density at radius 1 is 1.22 bits per heavy atom. The molecular weight excluding hydrogens is 226 g/mol. The first-order chi connectivity index (χ1) is 8.61. The van der Waals surface area contributed by atoms with Crippen molar-refractivity contribution in [1.29, 1.82) is 0 Å². The Morgan fingerprint density at radius 2 is 1.89 bits per heavy atom. The van der Waals surface area contributed by atoms with Crippen LogP contribution in [0.3, 0.4) is 0 Å². The van der Waals surface area contributed by atoms with Crippen molar-refractivity contribution in [2.45, 2.75) is 39.0 Å². The van der Waals surface area contributed by atoms with Crippen LogP contribution in [0.1, 0.15) is 39.0 Å². The van der Waals surface area contributed by atoms with Gasteiger partial charge in [-0.1, -0.05) is 26.2 Å². The number of rotatable bonds is 4. The molecule has 2 rings (SSSR count). The first-order valence-corrected chi connectivity index (χ1v) is 6.67. The molecule has 0 spiro atoms. The molecule has 0 radical (unpaired) electrons. The third-order valence-corrected chi connectivity index (χ3v) is 3.76. The van der Waals surface area contributed by atoms with Gasteiger partial charge in [-0.05, 0) is 18.3 Å². The summed E-state index contributed by atoms with van der Waals surface area (Å²) < 4.78 is 0. The molecule has 4 N–H and O–H groups in total. The molecule has 1 aliphatic carbocycles. The second-order valence-corrected chi connectivity index (χ2v) is 5.47. The van der Waals surface area contributed by atoms with Crippen molar-refractivity contribution in [3.8, 4) is 0 Å². The van der Waals surface area contributed by atoms with E-state index in [1.807, 2.05) is 13.1 Å². The summed E-state index contributed by atoms with van der Waals surface area (Å²) in [6.07, 6.45) is 6.64. The lowest BCUT2D eigenvalue weighted by atomic mass is 9.76. The number of aromatic nitrogens is 2. The van der Waals surface area contributed by atoms with Crippen molar-refractivity contribution in [2.75, 3.05) is 30.0 Å². The Kier molecular flexibility index (Phi) is 3.89. The maximum Gasteiger partial charge on any atom is 0.223 e. The molecule has 5 nitrogen and oxygen atoms in total. The zero-order valence-corrected chi connectivity index (χ0v) is 11.3. The highest BCUT2D eigenvalue weighted by Gasteiger charge is 2.26. The molecule has 0 bridgehead atoms. The first-order valence-electron chi connectivity index (χ1n) is 6.67. The standard InChI is InChI=1S/C13H23N5/c1-13(6-4-3-5-7-13)9-16-11-8-10(15-2)17-12(14)18-11/h8H,3-7,9H2,1-2H3,(H4,14,15,16,17,18). The van der Waals surface area contributed by atoms with Crippen LogP contribution in [0.2, 0.25) is 0 Å². The Hall–Kier alpha value is -1.52. The highest BCUT2D eigenvalue weighted by Crippen LogP contribution is 2.35. The Balaban J connectivity index is 1.98.